The number of benzene rings is 1. The summed E-state index contributed by atoms with van der Waals surface area (Å²) in [6.45, 7) is 2.88. The number of hydrogen-bond acceptors (Lipinski definition) is 4. The average molecular weight is 360 g/mol. The zero-order valence-electron chi connectivity index (χ0n) is 14.4. The Bertz CT molecular complexity index is 669. The van der Waals surface area contributed by atoms with Crippen molar-refractivity contribution in [1.29, 1.82) is 0 Å². The predicted octanol–water partition coefficient (Wildman–Crippen LogP) is 3.34. The van der Waals surface area contributed by atoms with Gasteiger partial charge in [0.15, 0.2) is 5.11 Å². The van der Waals surface area contributed by atoms with Crippen molar-refractivity contribution in [3.63, 3.8) is 0 Å². The van der Waals surface area contributed by atoms with E-state index in [2.05, 4.69) is 16.3 Å². The first kappa shape index (κ1) is 17.8. The minimum Gasteiger partial charge on any atom is -0.497 e. The van der Waals surface area contributed by atoms with Crippen molar-refractivity contribution in [2.75, 3.05) is 20.3 Å². The van der Waals surface area contributed by atoms with Crippen LogP contribution in [0.1, 0.15) is 24.2 Å². The second kappa shape index (κ2) is 8.87. The van der Waals surface area contributed by atoms with Crippen LogP contribution in [0, 0.1) is 0 Å². The third kappa shape index (κ3) is 5.21. The second-order valence-corrected chi connectivity index (χ2v) is 6.49. The van der Waals surface area contributed by atoms with Crippen molar-refractivity contribution < 1.29 is 13.9 Å². The Morgan fingerprint density at radius 1 is 1.32 bits per heavy atom. The van der Waals surface area contributed by atoms with E-state index in [9.17, 15) is 0 Å². The molecule has 25 heavy (non-hydrogen) atoms. The molecular weight excluding hydrogens is 336 g/mol. The molecule has 1 aromatic heterocycles. The number of nitrogens with zero attached hydrogens (tertiary/aromatic N) is 1. The van der Waals surface area contributed by atoms with Crippen molar-refractivity contribution in [1.82, 2.24) is 10.2 Å². The quantitative estimate of drug-likeness (QED) is 0.764. The normalized spacial score (nSPS) is 16.6. The summed E-state index contributed by atoms with van der Waals surface area (Å²) in [5.74, 6) is 1.72. The molecule has 6 heteroatoms. The Morgan fingerprint density at radius 2 is 2.24 bits per heavy atom. The number of nitrogens with one attached hydrogen (secondary N) is 1. The Hall–Kier alpha value is -2.05. The molecule has 5 nitrogen and oxygen atoms in total. The van der Waals surface area contributed by atoms with Gasteiger partial charge in [0.05, 0.1) is 26.0 Å². The van der Waals surface area contributed by atoms with E-state index in [0.29, 0.717) is 18.2 Å². The molecule has 0 aliphatic carbocycles. The number of rotatable bonds is 7. The van der Waals surface area contributed by atoms with Crippen LogP contribution in [0.3, 0.4) is 0 Å². The summed E-state index contributed by atoms with van der Waals surface area (Å²) in [6, 6.07) is 11.9. The lowest BCUT2D eigenvalue weighted by molar-refractivity contribution is 0.113. The molecule has 134 valence electrons. The minimum absolute atomic E-state index is 0.250. The molecule has 0 bridgehead atoms. The van der Waals surface area contributed by atoms with E-state index in [-0.39, 0.29) is 6.10 Å². The predicted molar refractivity (Wildman–Crippen MR) is 101 cm³/mol. The standard InChI is InChI=1S/C19H24N2O3S/c1-22-16-6-2-5-15(11-16)13-21(14-18-8-4-10-24-18)19(25)20-12-17-7-3-9-23-17/h2,4-6,8,10-11,17H,3,7,9,12-14H2,1H3,(H,20,25). The average Bonchev–Trinajstić information content (AvgIpc) is 3.33. The summed E-state index contributed by atoms with van der Waals surface area (Å²) in [5.41, 5.74) is 1.13. The van der Waals surface area contributed by atoms with Gasteiger partial charge in [-0.15, -0.1) is 0 Å². The van der Waals surface area contributed by atoms with Gasteiger partial charge >= 0.3 is 0 Å². The molecule has 3 rings (SSSR count). The molecule has 2 aromatic rings. The molecule has 1 atom stereocenters. The first-order valence-corrected chi connectivity index (χ1v) is 8.95. The summed E-state index contributed by atoms with van der Waals surface area (Å²) >= 11 is 5.63. The van der Waals surface area contributed by atoms with Crippen LogP contribution in [0.4, 0.5) is 0 Å². The largest absolute Gasteiger partial charge is 0.497 e. The lowest BCUT2D eigenvalue weighted by Gasteiger charge is -2.26. The van der Waals surface area contributed by atoms with Crippen molar-refractivity contribution in [3.8, 4) is 5.75 Å². The van der Waals surface area contributed by atoms with Crippen molar-refractivity contribution in [2.45, 2.75) is 32.0 Å². The highest BCUT2D eigenvalue weighted by molar-refractivity contribution is 7.80. The van der Waals surface area contributed by atoms with Crippen LogP contribution in [0.15, 0.2) is 47.1 Å². The molecule has 0 spiro atoms. The molecule has 0 radical (unpaired) electrons. The van der Waals surface area contributed by atoms with Gasteiger partial charge in [-0.2, -0.15) is 0 Å². The van der Waals surface area contributed by atoms with Crippen LogP contribution in [0.25, 0.3) is 0 Å². The maximum atomic E-state index is 5.66. The number of furan rings is 1. The van der Waals surface area contributed by atoms with Crippen molar-refractivity contribution >= 4 is 17.3 Å². The van der Waals surface area contributed by atoms with E-state index in [1.807, 2.05) is 30.3 Å². The molecule has 1 unspecified atom stereocenters. The van der Waals surface area contributed by atoms with Gasteiger partial charge in [-0.1, -0.05) is 12.1 Å². The summed E-state index contributed by atoms with van der Waals surface area (Å²) < 4.78 is 16.5. The van der Waals surface area contributed by atoms with Gasteiger partial charge < -0.3 is 24.1 Å². The number of ether oxygens (including phenoxy) is 2. The van der Waals surface area contributed by atoms with E-state index in [4.69, 9.17) is 26.1 Å². The van der Waals surface area contributed by atoms with E-state index in [1.165, 1.54) is 0 Å². The van der Waals surface area contributed by atoms with Gasteiger partial charge in [0, 0.05) is 19.7 Å². The molecule has 1 aromatic carbocycles. The third-order valence-corrected chi connectivity index (χ3v) is 4.63. The van der Waals surface area contributed by atoms with Gasteiger partial charge in [-0.3, -0.25) is 0 Å². The SMILES string of the molecule is COc1cccc(CN(Cc2ccco2)C(=S)NCC2CCCO2)c1. The molecule has 1 fully saturated rings. The molecule has 1 saturated heterocycles. The van der Waals surface area contributed by atoms with Gasteiger partial charge in [0.1, 0.15) is 11.5 Å². The number of thiocarbonyl (C=S) groups is 1. The van der Waals surface area contributed by atoms with E-state index < -0.39 is 0 Å². The fourth-order valence-electron chi connectivity index (χ4n) is 2.90. The number of methoxy groups -OCH3 is 1. The molecule has 0 saturated carbocycles. The first-order valence-electron chi connectivity index (χ1n) is 8.54. The second-order valence-electron chi connectivity index (χ2n) is 6.11. The Morgan fingerprint density at radius 3 is 2.96 bits per heavy atom. The Kier molecular flexibility index (Phi) is 6.30. The molecular formula is C19H24N2O3S. The van der Waals surface area contributed by atoms with Crippen molar-refractivity contribution in [3.05, 3.63) is 54.0 Å². The van der Waals surface area contributed by atoms with Gasteiger partial charge in [-0.25, -0.2) is 0 Å². The topological polar surface area (TPSA) is 46.9 Å². The molecule has 0 amide bonds. The van der Waals surface area contributed by atoms with Crippen LogP contribution in [-0.2, 0) is 17.8 Å². The van der Waals surface area contributed by atoms with E-state index in [1.54, 1.807) is 13.4 Å². The summed E-state index contributed by atoms with van der Waals surface area (Å²) in [7, 11) is 1.67. The summed E-state index contributed by atoms with van der Waals surface area (Å²) in [6.07, 6.45) is 4.14. The maximum absolute atomic E-state index is 5.66. The van der Waals surface area contributed by atoms with Gasteiger partial charge in [0.25, 0.3) is 0 Å². The third-order valence-electron chi connectivity index (χ3n) is 4.23. The van der Waals surface area contributed by atoms with Crippen LogP contribution in [0.2, 0.25) is 0 Å². The monoisotopic (exact) mass is 360 g/mol. The zero-order valence-corrected chi connectivity index (χ0v) is 15.3. The summed E-state index contributed by atoms with van der Waals surface area (Å²) in [5, 5.41) is 4.05. The first-order chi connectivity index (χ1) is 12.2. The lowest BCUT2D eigenvalue weighted by Crippen LogP contribution is -2.41. The van der Waals surface area contributed by atoms with Crippen LogP contribution >= 0.6 is 12.2 Å². The highest BCUT2D eigenvalue weighted by atomic mass is 32.1. The fraction of sp³-hybridized carbons (Fsp3) is 0.421. The van der Waals surface area contributed by atoms with Gasteiger partial charge in [0.2, 0.25) is 0 Å². The number of hydrogen-bond donors (Lipinski definition) is 1. The molecule has 1 N–H and O–H groups in total. The van der Waals surface area contributed by atoms with Crippen LogP contribution < -0.4 is 10.1 Å². The highest BCUT2D eigenvalue weighted by Crippen LogP contribution is 2.17. The van der Waals surface area contributed by atoms with Crippen molar-refractivity contribution in [2.24, 2.45) is 0 Å². The smallest absolute Gasteiger partial charge is 0.169 e. The fourth-order valence-corrected chi connectivity index (χ4v) is 3.11. The minimum atomic E-state index is 0.250. The van der Waals surface area contributed by atoms with E-state index >= 15 is 0 Å². The molecule has 1 aliphatic rings. The van der Waals surface area contributed by atoms with Gasteiger partial charge in [-0.05, 0) is 54.9 Å². The molecule has 1 aliphatic heterocycles. The van der Waals surface area contributed by atoms with Crippen LogP contribution in [-0.4, -0.2) is 36.4 Å². The molecule has 2 heterocycles. The maximum Gasteiger partial charge on any atom is 0.169 e. The Balaban J connectivity index is 1.66. The van der Waals surface area contributed by atoms with E-state index in [0.717, 1.165) is 43.1 Å². The summed E-state index contributed by atoms with van der Waals surface area (Å²) in [4.78, 5) is 2.10. The van der Waals surface area contributed by atoms with Crippen LogP contribution in [0.5, 0.6) is 5.75 Å². The lowest BCUT2D eigenvalue weighted by atomic mass is 10.2. The Labute approximate surface area is 153 Å². The highest BCUT2D eigenvalue weighted by Gasteiger charge is 2.18. The zero-order chi connectivity index (χ0) is 17.5.